The van der Waals surface area contributed by atoms with Gasteiger partial charge in [-0.05, 0) is 44.5 Å². The minimum Gasteiger partial charge on any atom is -0.487 e. The molecule has 1 N–H and O–H groups in total. The summed E-state index contributed by atoms with van der Waals surface area (Å²) in [7, 11) is 0. The van der Waals surface area contributed by atoms with Crippen LogP contribution in [0.25, 0.3) is 0 Å². The summed E-state index contributed by atoms with van der Waals surface area (Å²) in [4.78, 5) is 0. The first-order chi connectivity index (χ1) is 7.26. The fourth-order valence-corrected chi connectivity index (χ4v) is 2.31. The molecular weight excluding hydrogens is 186 g/mol. The van der Waals surface area contributed by atoms with Gasteiger partial charge in [0.05, 0.1) is 0 Å². The van der Waals surface area contributed by atoms with Gasteiger partial charge in [0, 0.05) is 6.42 Å². The second-order valence-corrected chi connectivity index (χ2v) is 4.37. The second kappa shape index (κ2) is 4.23. The quantitative estimate of drug-likeness (QED) is 0.710. The van der Waals surface area contributed by atoms with Crippen LogP contribution in [0.3, 0.4) is 0 Å². The van der Waals surface area contributed by atoms with Gasteiger partial charge < -0.3 is 10.1 Å². The van der Waals surface area contributed by atoms with Crippen LogP contribution in [-0.2, 0) is 4.74 Å². The van der Waals surface area contributed by atoms with Crippen LogP contribution in [0.4, 0.5) is 0 Å². The van der Waals surface area contributed by atoms with Crippen LogP contribution in [0.15, 0.2) is 36.1 Å². The molecule has 2 fully saturated rings. The van der Waals surface area contributed by atoms with Gasteiger partial charge in [-0.25, -0.2) is 0 Å². The average molecular weight is 205 g/mol. The molecular formula is C13H19NO. The van der Waals surface area contributed by atoms with E-state index >= 15 is 0 Å². The third-order valence-corrected chi connectivity index (χ3v) is 3.17. The number of ether oxygens (including phenoxy) is 1. The molecule has 2 heteroatoms. The molecule has 0 atom stereocenters. The summed E-state index contributed by atoms with van der Waals surface area (Å²) in [5.41, 5.74) is 1.20. The van der Waals surface area contributed by atoms with Crippen molar-refractivity contribution in [1.29, 1.82) is 0 Å². The van der Waals surface area contributed by atoms with E-state index in [1.165, 1.54) is 0 Å². The van der Waals surface area contributed by atoms with Gasteiger partial charge in [-0.2, -0.15) is 0 Å². The van der Waals surface area contributed by atoms with Gasteiger partial charge in [0.1, 0.15) is 11.4 Å². The van der Waals surface area contributed by atoms with E-state index in [0.29, 0.717) is 0 Å². The highest BCUT2D eigenvalue weighted by atomic mass is 16.5. The van der Waals surface area contributed by atoms with Gasteiger partial charge in [0.25, 0.3) is 0 Å². The molecule has 2 aliphatic rings. The Labute approximate surface area is 91.7 Å². The lowest BCUT2D eigenvalue weighted by Gasteiger charge is -2.32. The molecule has 0 amide bonds. The Hall–Kier alpha value is -1.02. The molecule has 2 aliphatic heterocycles. The first-order valence-electron chi connectivity index (χ1n) is 5.67. The largest absolute Gasteiger partial charge is 0.487 e. The number of piperidine rings is 1. The average Bonchev–Trinajstić information content (AvgIpc) is 2.53. The van der Waals surface area contributed by atoms with E-state index in [2.05, 4.69) is 11.9 Å². The van der Waals surface area contributed by atoms with Crippen molar-refractivity contribution >= 4 is 0 Å². The van der Waals surface area contributed by atoms with Crippen molar-refractivity contribution in [3.8, 4) is 0 Å². The lowest BCUT2D eigenvalue weighted by atomic mass is 9.88. The minimum atomic E-state index is 0.0513. The highest BCUT2D eigenvalue weighted by Crippen LogP contribution is 2.41. The van der Waals surface area contributed by atoms with Gasteiger partial charge in [-0.1, -0.05) is 18.7 Å². The normalized spacial score (nSPS) is 27.8. The molecule has 2 heterocycles. The Kier molecular flexibility index (Phi) is 2.96. The van der Waals surface area contributed by atoms with E-state index in [0.717, 1.165) is 43.7 Å². The Morgan fingerprint density at radius 3 is 2.80 bits per heavy atom. The maximum atomic E-state index is 6.07. The van der Waals surface area contributed by atoms with Crippen molar-refractivity contribution in [2.45, 2.75) is 31.8 Å². The molecule has 0 unspecified atom stereocenters. The highest BCUT2D eigenvalue weighted by molar-refractivity contribution is 5.33. The second-order valence-electron chi connectivity index (χ2n) is 4.37. The fourth-order valence-electron chi connectivity index (χ4n) is 2.31. The number of hydrogen-bond donors (Lipinski definition) is 1. The third kappa shape index (κ3) is 2.15. The van der Waals surface area contributed by atoms with E-state index < -0.39 is 0 Å². The Balaban J connectivity index is 2.11. The van der Waals surface area contributed by atoms with Crippen molar-refractivity contribution < 1.29 is 4.74 Å². The van der Waals surface area contributed by atoms with E-state index in [9.17, 15) is 0 Å². The summed E-state index contributed by atoms with van der Waals surface area (Å²) < 4.78 is 6.07. The molecule has 2 nitrogen and oxygen atoms in total. The van der Waals surface area contributed by atoms with E-state index in [4.69, 9.17) is 4.74 Å². The number of allylic oxidation sites excluding steroid dienone is 4. The summed E-state index contributed by atoms with van der Waals surface area (Å²) in [5, 5.41) is 3.37. The molecule has 82 valence electrons. The Morgan fingerprint density at radius 1 is 1.40 bits per heavy atom. The van der Waals surface area contributed by atoms with Gasteiger partial charge in [-0.3, -0.25) is 0 Å². The van der Waals surface area contributed by atoms with Crippen molar-refractivity contribution in [1.82, 2.24) is 5.32 Å². The van der Waals surface area contributed by atoms with Crippen molar-refractivity contribution in [3.05, 3.63) is 36.1 Å². The van der Waals surface area contributed by atoms with Gasteiger partial charge in [-0.15, -0.1) is 0 Å². The maximum absolute atomic E-state index is 6.07. The molecule has 1 spiro atoms. The molecule has 2 rings (SSSR count). The standard InChI is InChI=1S/C13H19NO/c1-3-4-5-12-11(2)10-13(15-12)6-8-14-9-7-13/h3-5,14H,2,6-10H2,1H3/b4-3-,12-5+. The Morgan fingerprint density at radius 2 is 2.13 bits per heavy atom. The molecule has 2 saturated heterocycles. The summed E-state index contributed by atoms with van der Waals surface area (Å²) in [6.45, 7) is 8.22. The lowest BCUT2D eigenvalue weighted by molar-refractivity contribution is 0.0119. The molecule has 15 heavy (non-hydrogen) atoms. The predicted octanol–water partition coefficient (Wildman–Crippen LogP) is 2.55. The van der Waals surface area contributed by atoms with Crippen LogP contribution in [0.1, 0.15) is 26.2 Å². The highest BCUT2D eigenvalue weighted by Gasteiger charge is 2.40. The van der Waals surface area contributed by atoms with Crippen molar-refractivity contribution in [2.75, 3.05) is 13.1 Å². The fraction of sp³-hybridized carbons (Fsp3) is 0.538. The van der Waals surface area contributed by atoms with Crippen LogP contribution in [0.2, 0.25) is 0 Å². The number of hydrogen-bond acceptors (Lipinski definition) is 2. The van der Waals surface area contributed by atoms with E-state index in [1.54, 1.807) is 0 Å². The van der Waals surface area contributed by atoms with Gasteiger partial charge in [0.15, 0.2) is 0 Å². The summed E-state index contributed by atoms with van der Waals surface area (Å²) in [6, 6.07) is 0. The van der Waals surface area contributed by atoms with Crippen LogP contribution in [0, 0.1) is 0 Å². The molecule has 0 aromatic heterocycles. The van der Waals surface area contributed by atoms with Crippen molar-refractivity contribution in [2.24, 2.45) is 0 Å². The summed E-state index contributed by atoms with van der Waals surface area (Å²) in [5.74, 6) is 0.981. The zero-order valence-corrected chi connectivity index (χ0v) is 9.38. The molecule has 0 radical (unpaired) electrons. The molecule has 0 bridgehead atoms. The Bertz CT molecular complexity index is 308. The summed E-state index contributed by atoms with van der Waals surface area (Å²) in [6.07, 6.45) is 9.24. The van der Waals surface area contributed by atoms with Crippen LogP contribution in [0.5, 0.6) is 0 Å². The zero-order chi connectivity index (χ0) is 10.7. The monoisotopic (exact) mass is 205 g/mol. The first-order valence-corrected chi connectivity index (χ1v) is 5.67. The topological polar surface area (TPSA) is 21.3 Å². The number of nitrogens with one attached hydrogen (secondary N) is 1. The molecule has 0 saturated carbocycles. The van der Waals surface area contributed by atoms with Crippen LogP contribution >= 0.6 is 0 Å². The van der Waals surface area contributed by atoms with Gasteiger partial charge >= 0.3 is 0 Å². The zero-order valence-electron chi connectivity index (χ0n) is 9.38. The first kappa shape index (κ1) is 10.5. The van der Waals surface area contributed by atoms with Crippen LogP contribution in [-0.4, -0.2) is 18.7 Å². The molecule has 0 aliphatic carbocycles. The predicted molar refractivity (Wildman–Crippen MR) is 62.6 cm³/mol. The third-order valence-electron chi connectivity index (χ3n) is 3.17. The summed E-state index contributed by atoms with van der Waals surface area (Å²) >= 11 is 0. The SMILES string of the molecule is C=C1CC2(CCNCC2)O/C1=C/C=C\C. The molecule has 0 aromatic rings. The van der Waals surface area contributed by atoms with E-state index in [-0.39, 0.29) is 5.60 Å². The lowest BCUT2D eigenvalue weighted by Crippen LogP contribution is -2.41. The minimum absolute atomic E-state index is 0.0513. The maximum Gasteiger partial charge on any atom is 0.122 e. The smallest absolute Gasteiger partial charge is 0.122 e. The van der Waals surface area contributed by atoms with Crippen molar-refractivity contribution in [3.63, 3.8) is 0 Å². The molecule has 0 aromatic carbocycles. The van der Waals surface area contributed by atoms with E-state index in [1.807, 2.05) is 25.2 Å². The van der Waals surface area contributed by atoms with Crippen LogP contribution < -0.4 is 5.32 Å². The number of rotatable bonds is 1. The van der Waals surface area contributed by atoms with Gasteiger partial charge in [0.2, 0.25) is 0 Å².